The van der Waals surface area contributed by atoms with Crippen molar-refractivity contribution in [2.45, 2.75) is 119 Å². The first-order chi connectivity index (χ1) is 16.0. The largest absolute Gasteiger partial charge is 0.481 e. The predicted molar refractivity (Wildman–Crippen MR) is 137 cm³/mol. The van der Waals surface area contributed by atoms with Gasteiger partial charge in [-0.05, 0) is 96.2 Å². The molecule has 0 saturated heterocycles. The summed E-state index contributed by atoms with van der Waals surface area (Å²) in [5.41, 5.74) is -0.441. The van der Waals surface area contributed by atoms with Crippen molar-refractivity contribution in [3.05, 3.63) is 0 Å². The molecule has 0 aromatic heterocycles. The molecule has 5 saturated carbocycles. The van der Waals surface area contributed by atoms with Gasteiger partial charge >= 0.3 is 5.97 Å². The van der Waals surface area contributed by atoms with Gasteiger partial charge in [0, 0.05) is 24.2 Å². The Bertz CT molecular complexity index is 963. The van der Waals surface area contributed by atoms with Crippen LogP contribution in [-0.2, 0) is 14.4 Å². The zero-order valence-electron chi connectivity index (χ0n) is 23.3. The van der Waals surface area contributed by atoms with Crippen LogP contribution < -0.4 is 0 Å². The highest BCUT2D eigenvalue weighted by Gasteiger charge is 2.72. The van der Waals surface area contributed by atoms with Gasteiger partial charge in [-0.15, -0.1) is 0 Å². The van der Waals surface area contributed by atoms with Gasteiger partial charge in [-0.3, -0.25) is 14.4 Å². The number of ketones is 2. The maximum absolute atomic E-state index is 14.4. The number of Topliss-reactive ketones (excluding diaryl/α,β-unsaturated/α-hetero) is 2. The second-order valence-electron chi connectivity index (χ2n) is 15.7. The van der Waals surface area contributed by atoms with Crippen molar-refractivity contribution in [2.75, 3.05) is 0 Å². The number of carboxylic acids is 1. The third-order valence-electron chi connectivity index (χ3n) is 13.4. The van der Waals surface area contributed by atoms with Crippen molar-refractivity contribution >= 4 is 17.5 Å². The molecule has 5 fully saturated rings. The number of carbonyl (C=O) groups is 3. The van der Waals surface area contributed by atoms with E-state index in [2.05, 4.69) is 48.5 Å². The summed E-state index contributed by atoms with van der Waals surface area (Å²) in [6, 6.07) is 0. The smallest absolute Gasteiger partial charge is 0.303 e. The van der Waals surface area contributed by atoms with Crippen molar-refractivity contribution < 1.29 is 19.5 Å². The minimum absolute atomic E-state index is 0.00941. The summed E-state index contributed by atoms with van der Waals surface area (Å²) in [4.78, 5) is 39.4. The topological polar surface area (TPSA) is 71.4 Å². The Hall–Kier alpha value is -1.19. The Balaban J connectivity index is 1.58. The van der Waals surface area contributed by atoms with Crippen LogP contribution in [-0.4, -0.2) is 22.6 Å². The third kappa shape index (κ3) is 3.26. The lowest BCUT2D eigenvalue weighted by Crippen LogP contribution is -2.69. The Morgan fingerprint density at radius 2 is 1.51 bits per heavy atom. The summed E-state index contributed by atoms with van der Waals surface area (Å²) in [7, 11) is 0. The van der Waals surface area contributed by atoms with Crippen LogP contribution in [0.15, 0.2) is 0 Å². The number of aliphatic carboxylic acids is 1. The highest BCUT2D eigenvalue weighted by atomic mass is 16.4. The van der Waals surface area contributed by atoms with E-state index in [1.807, 2.05) is 0 Å². The molecular formula is C31H48O4. The Morgan fingerprint density at radius 1 is 0.857 bits per heavy atom. The molecule has 35 heavy (non-hydrogen) atoms. The van der Waals surface area contributed by atoms with Crippen LogP contribution in [0, 0.1) is 56.2 Å². The Morgan fingerprint density at radius 3 is 2.17 bits per heavy atom. The number of carboxylic acid groups (broad SMARTS) is 1. The van der Waals surface area contributed by atoms with E-state index in [1.54, 1.807) is 0 Å². The van der Waals surface area contributed by atoms with Crippen molar-refractivity contribution in [2.24, 2.45) is 56.2 Å². The number of hydrogen-bond donors (Lipinski definition) is 1. The number of hydrogen-bond acceptors (Lipinski definition) is 3. The molecule has 4 heteroatoms. The molecule has 1 N–H and O–H groups in total. The van der Waals surface area contributed by atoms with Crippen molar-refractivity contribution in [1.82, 2.24) is 0 Å². The van der Waals surface area contributed by atoms with E-state index in [0.717, 1.165) is 51.4 Å². The van der Waals surface area contributed by atoms with E-state index in [4.69, 9.17) is 0 Å². The predicted octanol–water partition coefficient (Wildman–Crippen LogP) is 7.09. The molecule has 0 aliphatic heterocycles. The molecule has 0 amide bonds. The first kappa shape index (κ1) is 25.5. The van der Waals surface area contributed by atoms with Crippen LogP contribution in [0.5, 0.6) is 0 Å². The van der Waals surface area contributed by atoms with Crippen LogP contribution in [0.3, 0.4) is 0 Å². The number of carbonyl (C=O) groups excluding carboxylic acids is 2. The molecule has 0 aromatic carbocycles. The molecular weight excluding hydrogens is 436 g/mol. The van der Waals surface area contributed by atoms with Gasteiger partial charge in [0.15, 0.2) is 0 Å². The lowest BCUT2D eigenvalue weighted by atomic mass is 9.31. The molecule has 0 radical (unpaired) electrons. The second-order valence-corrected chi connectivity index (χ2v) is 15.7. The Kier molecular flexibility index (Phi) is 5.41. The summed E-state index contributed by atoms with van der Waals surface area (Å²) >= 11 is 0. The zero-order chi connectivity index (χ0) is 25.8. The van der Waals surface area contributed by atoms with Gasteiger partial charge in [-0.25, -0.2) is 0 Å². The minimum atomic E-state index is -0.701. The summed E-state index contributed by atoms with van der Waals surface area (Å²) in [5.74, 6) is 0.881. The van der Waals surface area contributed by atoms with E-state index in [-0.39, 0.29) is 50.7 Å². The van der Waals surface area contributed by atoms with Crippen molar-refractivity contribution in [3.63, 3.8) is 0 Å². The van der Waals surface area contributed by atoms with Crippen LogP contribution in [0.2, 0.25) is 0 Å². The molecule has 0 unspecified atom stereocenters. The van der Waals surface area contributed by atoms with Crippen LogP contribution in [0.4, 0.5) is 0 Å². The quantitative estimate of drug-likeness (QED) is 0.454. The SMILES string of the molecule is CC1(C)CC[C@]2(CC(=O)O)CC[C@]3(C)[C@H](C(=O)C[C@@H]4[C@@]5(C)CCC(=O)C(C)(C)[C@@H]5CC[C@]43C)[C@@H]2C1. The fourth-order valence-electron chi connectivity index (χ4n) is 11.2. The van der Waals surface area contributed by atoms with Gasteiger partial charge in [-0.2, -0.15) is 0 Å². The Labute approximate surface area is 212 Å². The number of rotatable bonds is 2. The molecule has 5 aliphatic carbocycles. The van der Waals surface area contributed by atoms with E-state index in [0.29, 0.717) is 36.2 Å². The molecule has 5 rings (SSSR count). The lowest BCUT2D eigenvalue weighted by Gasteiger charge is -2.72. The minimum Gasteiger partial charge on any atom is -0.481 e. The maximum atomic E-state index is 14.4. The highest BCUT2D eigenvalue weighted by Crippen LogP contribution is 2.76. The molecule has 0 spiro atoms. The zero-order valence-corrected chi connectivity index (χ0v) is 23.3. The maximum Gasteiger partial charge on any atom is 0.303 e. The first-order valence-corrected chi connectivity index (χ1v) is 14.3. The summed E-state index contributed by atoms with van der Waals surface area (Å²) < 4.78 is 0. The molecule has 5 aliphatic rings. The van der Waals surface area contributed by atoms with E-state index in [1.165, 1.54) is 0 Å². The summed E-state index contributed by atoms with van der Waals surface area (Å²) in [5, 5.41) is 9.92. The molecule has 4 nitrogen and oxygen atoms in total. The van der Waals surface area contributed by atoms with Crippen LogP contribution in [0.25, 0.3) is 0 Å². The van der Waals surface area contributed by atoms with E-state index in [9.17, 15) is 19.5 Å². The molecule has 0 bridgehead atoms. The monoisotopic (exact) mass is 484 g/mol. The van der Waals surface area contributed by atoms with Gasteiger partial charge in [0.05, 0.1) is 6.42 Å². The summed E-state index contributed by atoms with van der Waals surface area (Å²) in [6.45, 7) is 16.2. The lowest BCUT2D eigenvalue weighted by molar-refractivity contribution is -0.235. The fourth-order valence-corrected chi connectivity index (χ4v) is 11.2. The van der Waals surface area contributed by atoms with Gasteiger partial charge in [0.1, 0.15) is 11.6 Å². The first-order valence-electron chi connectivity index (χ1n) is 14.3. The normalized spacial score (nSPS) is 50.4. The van der Waals surface area contributed by atoms with Crippen LogP contribution in [0.1, 0.15) is 119 Å². The van der Waals surface area contributed by atoms with Crippen molar-refractivity contribution in [1.29, 1.82) is 0 Å². The third-order valence-corrected chi connectivity index (χ3v) is 13.4. The van der Waals surface area contributed by atoms with Crippen LogP contribution >= 0.6 is 0 Å². The molecule has 8 atom stereocenters. The molecule has 0 aromatic rings. The fraction of sp³-hybridized carbons (Fsp3) is 0.903. The molecule has 0 heterocycles. The van der Waals surface area contributed by atoms with Gasteiger partial charge in [0.2, 0.25) is 0 Å². The van der Waals surface area contributed by atoms with Crippen molar-refractivity contribution in [3.8, 4) is 0 Å². The van der Waals surface area contributed by atoms with E-state index < -0.39 is 5.97 Å². The number of fused-ring (bicyclic) bond motifs is 7. The van der Waals surface area contributed by atoms with Gasteiger partial charge in [0.25, 0.3) is 0 Å². The average molecular weight is 485 g/mol. The van der Waals surface area contributed by atoms with Gasteiger partial charge < -0.3 is 5.11 Å². The second kappa shape index (κ2) is 7.44. The molecule has 196 valence electrons. The van der Waals surface area contributed by atoms with Gasteiger partial charge in [-0.1, -0.05) is 48.5 Å². The highest BCUT2D eigenvalue weighted by molar-refractivity contribution is 5.87. The average Bonchev–Trinajstić information content (AvgIpc) is 2.73. The standard InChI is InChI=1S/C31H48O4/c1-26(2)12-14-31(18-24(34)35)15-13-30(7)25(19(31)17-26)20(32)16-22-28(5)10-9-23(33)27(3,4)21(28)8-11-29(22,30)6/h19,21-22,25H,8-18H2,1-7H3,(H,34,35)/t19-,21-,22+,25-,28-,29+,30+,31+/m0/s1. The summed E-state index contributed by atoms with van der Waals surface area (Å²) in [6.07, 6.45) is 9.38. The van der Waals surface area contributed by atoms with E-state index >= 15 is 0 Å².